The summed E-state index contributed by atoms with van der Waals surface area (Å²) in [5, 5.41) is 8.40. The fourth-order valence-electron chi connectivity index (χ4n) is 3.26. The monoisotopic (exact) mass is 350 g/mol. The summed E-state index contributed by atoms with van der Waals surface area (Å²) in [6, 6.07) is 2.01. The maximum absolute atomic E-state index is 12.1. The lowest BCUT2D eigenvalue weighted by Crippen LogP contribution is -2.43. The number of aryl methyl sites for hydroxylation is 1. The fraction of sp³-hybridized carbons (Fsp3) is 0.600. The van der Waals surface area contributed by atoms with E-state index in [1.807, 2.05) is 30.2 Å². The number of rotatable bonds is 6. The van der Waals surface area contributed by atoms with E-state index in [1.54, 1.807) is 10.9 Å². The van der Waals surface area contributed by atoms with Gasteiger partial charge in [-0.1, -0.05) is 0 Å². The second-order valence-corrected chi connectivity index (χ2v) is 8.75. The van der Waals surface area contributed by atoms with Crippen LogP contribution in [0.15, 0.2) is 24.7 Å². The molecule has 130 valence electrons. The van der Waals surface area contributed by atoms with Gasteiger partial charge in [-0.05, 0) is 18.9 Å². The van der Waals surface area contributed by atoms with Crippen LogP contribution in [0, 0.1) is 0 Å². The summed E-state index contributed by atoms with van der Waals surface area (Å²) in [6.45, 7) is 2.75. The molecule has 0 spiro atoms. The zero-order valence-corrected chi connectivity index (χ0v) is 14.5. The minimum absolute atomic E-state index is 0.00828. The number of hydrogen-bond donors (Lipinski definition) is 1. The van der Waals surface area contributed by atoms with Crippen molar-refractivity contribution in [2.75, 3.05) is 13.1 Å². The zero-order valence-electron chi connectivity index (χ0n) is 13.7. The summed E-state index contributed by atoms with van der Waals surface area (Å²) in [5.41, 5.74) is 2.27. The Morgan fingerprint density at radius 3 is 2.88 bits per heavy atom. The molecule has 1 fully saturated rings. The van der Waals surface area contributed by atoms with Gasteiger partial charge in [-0.2, -0.15) is 10.2 Å². The van der Waals surface area contributed by atoms with Gasteiger partial charge in [0.2, 0.25) is 10.0 Å². The Hall–Kier alpha value is -1.71. The molecule has 1 atom stereocenters. The van der Waals surface area contributed by atoms with Gasteiger partial charge >= 0.3 is 0 Å². The molecule has 1 N–H and O–H groups in total. The molecule has 1 saturated carbocycles. The van der Waals surface area contributed by atoms with E-state index < -0.39 is 10.0 Å². The summed E-state index contributed by atoms with van der Waals surface area (Å²) in [4.78, 5) is 2.31. The molecule has 2 aromatic rings. The molecule has 1 aliphatic carbocycles. The molecule has 0 radical (unpaired) electrons. The number of aromatic nitrogens is 4. The molecule has 24 heavy (non-hydrogen) atoms. The molecule has 0 saturated heterocycles. The van der Waals surface area contributed by atoms with Crippen molar-refractivity contribution in [2.45, 2.75) is 37.2 Å². The van der Waals surface area contributed by atoms with Gasteiger partial charge in [-0.15, -0.1) is 0 Å². The van der Waals surface area contributed by atoms with Crippen LogP contribution in [0.5, 0.6) is 0 Å². The Morgan fingerprint density at radius 2 is 2.17 bits per heavy atom. The third kappa shape index (κ3) is 3.24. The van der Waals surface area contributed by atoms with Gasteiger partial charge < -0.3 is 0 Å². The quantitative estimate of drug-likeness (QED) is 0.807. The highest BCUT2D eigenvalue weighted by Gasteiger charge is 2.36. The van der Waals surface area contributed by atoms with Crippen LogP contribution in [-0.2, 0) is 30.2 Å². The first-order valence-corrected chi connectivity index (χ1v) is 9.76. The summed E-state index contributed by atoms with van der Waals surface area (Å²) >= 11 is 0. The van der Waals surface area contributed by atoms with E-state index in [0.717, 1.165) is 43.7 Å². The zero-order chi connectivity index (χ0) is 16.7. The molecule has 1 unspecified atom stereocenters. The van der Waals surface area contributed by atoms with Crippen molar-refractivity contribution in [3.63, 3.8) is 0 Å². The van der Waals surface area contributed by atoms with E-state index in [4.69, 9.17) is 0 Å². The van der Waals surface area contributed by atoms with Gasteiger partial charge in [0, 0.05) is 51.2 Å². The van der Waals surface area contributed by atoms with Gasteiger partial charge in [-0.25, -0.2) is 13.1 Å². The van der Waals surface area contributed by atoms with E-state index in [-0.39, 0.29) is 11.3 Å². The van der Waals surface area contributed by atoms with Crippen LogP contribution in [0.25, 0.3) is 0 Å². The largest absolute Gasteiger partial charge is 0.291 e. The molecule has 8 nitrogen and oxygen atoms in total. The molecule has 0 bridgehead atoms. The predicted octanol–water partition coefficient (Wildman–Crippen LogP) is 0.255. The molecule has 4 rings (SSSR count). The van der Waals surface area contributed by atoms with Crippen molar-refractivity contribution < 1.29 is 8.42 Å². The summed E-state index contributed by atoms with van der Waals surface area (Å²) in [6.07, 6.45) is 7.22. The molecule has 2 aliphatic rings. The number of nitrogens with zero attached hydrogens (tertiary/aromatic N) is 5. The SMILES string of the molecule is Cn1cc(CN2Cc3ccnn3C(CNS(=O)(=O)C3CC3)C2)cn1. The lowest BCUT2D eigenvalue weighted by molar-refractivity contribution is 0.168. The highest BCUT2D eigenvalue weighted by Crippen LogP contribution is 2.28. The molecule has 9 heteroatoms. The van der Waals surface area contributed by atoms with Crippen molar-refractivity contribution in [2.24, 2.45) is 7.05 Å². The van der Waals surface area contributed by atoms with Crippen molar-refractivity contribution >= 4 is 10.0 Å². The summed E-state index contributed by atoms with van der Waals surface area (Å²) in [5.74, 6) is 0. The number of hydrogen-bond acceptors (Lipinski definition) is 5. The first kappa shape index (κ1) is 15.8. The molecule has 3 heterocycles. The molecular formula is C15H22N6O2S. The van der Waals surface area contributed by atoms with Crippen LogP contribution in [0.2, 0.25) is 0 Å². The van der Waals surface area contributed by atoms with Crippen LogP contribution < -0.4 is 4.72 Å². The Morgan fingerprint density at radius 1 is 1.33 bits per heavy atom. The number of sulfonamides is 1. The van der Waals surface area contributed by atoms with Crippen LogP contribution in [0.1, 0.15) is 30.1 Å². The maximum Gasteiger partial charge on any atom is 0.214 e. The Bertz CT molecular complexity index is 823. The van der Waals surface area contributed by atoms with Crippen molar-refractivity contribution in [3.05, 3.63) is 35.9 Å². The third-order valence-electron chi connectivity index (χ3n) is 4.60. The van der Waals surface area contributed by atoms with Crippen molar-refractivity contribution in [3.8, 4) is 0 Å². The van der Waals surface area contributed by atoms with Crippen molar-refractivity contribution in [1.82, 2.24) is 29.2 Å². The smallest absolute Gasteiger partial charge is 0.214 e. The van der Waals surface area contributed by atoms with Gasteiger partial charge in [0.15, 0.2) is 0 Å². The lowest BCUT2D eigenvalue weighted by Gasteiger charge is -2.33. The highest BCUT2D eigenvalue weighted by atomic mass is 32.2. The molecule has 1 aliphatic heterocycles. The van der Waals surface area contributed by atoms with E-state index in [2.05, 4.69) is 19.8 Å². The van der Waals surface area contributed by atoms with Gasteiger partial charge in [-0.3, -0.25) is 14.3 Å². The van der Waals surface area contributed by atoms with Crippen LogP contribution in [0.3, 0.4) is 0 Å². The van der Waals surface area contributed by atoms with E-state index in [1.165, 1.54) is 0 Å². The second-order valence-electron chi connectivity index (χ2n) is 6.71. The minimum atomic E-state index is -3.17. The Kier molecular flexibility index (Phi) is 3.93. The van der Waals surface area contributed by atoms with Crippen LogP contribution in [-0.4, -0.2) is 51.2 Å². The summed E-state index contributed by atoms with van der Waals surface area (Å²) < 4.78 is 30.7. The fourth-order valence-corrected chi connectivity index (χ4v) is 4.67. The van der Waals surface area contributed by atoms with Crippen LogP contribution >= 0.6 is 0 Å². The van der Waals surface area contributed by atoms with Crippen LogP contribution in [0.4, 0.5) is 0 Å². The van der Waals surface area contributed by atoms with Gasteiger partial charge in [0.05, 0.1) is 23.2 Å². The average Bonchev–Trinajstić information content (AvgIpc) is 3.18. The van der Waals surface area contributed by atoms with E-state index in [0.29, 0.717) is 6.54 Å². The molecule has 0 aromatic carbocycles. The minimum Gasteiger partial charge on any atom is -0.291 e. The first-order chi connectivity index (χ1) is 11.5. The molecule has 2 aromatic heterocycles. The van der Waals surface area contributed by atoms with Gasteiger partial charge in [0.1, 0.15) is 0 Å². The Balaban J connectivity index is 1.46. The van der Waals surface area contributed by atoms with E-state index in [9.17, 15) is 8.42 Å². The molecule has 0 amide bonds. The lowest BCUT2D eigenvalue weighted by atomic mass is 10.1. The standard InChI is InChI=1S/C15H22N6O2S/c1-19-8-12(6-17-19)9-20-10-13-4-5-16-21(13)14(11-20)7-18-24(22,23)15-2-3-15/h4-6,8,14-15,18H,2-3,7,9-11H2,1H3. The third-order valence-corrected chi connectivity index (χ3v) is 6.52. The average molecular weight is 350 g/mol. The predicted molar refractivity (Wildman–Crippen MR) is 88.5 cm³/mol. The highest BCUT2D eigenvalue weighted by molar-refractivity contribution is 7.90. The Labute approximate surface area is 141 Å². The van der Waals surface area contributed by atoms with Gasteiger partial charge in [0.25, 0.3) is 0 Å². The topological polar surface area (TPSA) is 85.0 Å². The van der Waals surface area contributed by atoms with E-state index >= 15 is 0 Å². The number of fused-ring (bicyclic) bond motifs is 1. The first-order valence-electron chi connectivity index (χ1n) is 8.22. The second kappa shape index (κ2) is 5.98. The van der Waals surface area contributed by atoms with Crippen molar-refractivity contribution in [1.29, 1.82) is 0 Å². The summed E-state index contributed by atoms with van der Waals surface area (Å²) in [7, 11) is -1.26. The normalized spacial score (nSPS) is 21.8. The molecular weight excluding hydrogens is 328 g/mol. The maximum atomic E-state index is 12.1. The number of nitrogens with one attached hydrogen (secondary N) is 1.